The zero-order valence-electron chi connectivity index (χ0n) is 16.6. The van der Waals surface area contributed by atoms with Crippen LogP contribution in [-0.4, -0.2) is 52.8 Å². The minimum Gasteiger partial charge on any atom is -0.376 e. The summed E-state index contributed by atoms with van der Waals surface area (Å²) in [6, 6.07) is 12.1. The largest absolute Gasteiger partial charge is 0.376 e. The maximum Gasteiger partial charge on any atom is 0.252 e. The van der Waals surface area contributed by atoms with Gasteiger partial charge in [-0.1, -0.05) is 30.3 Å². The zero-order chi connectivity index (χ0) is 19.2. The van der Waals surface area contributed by atoms with Gasteiger partial charge in [0.15, 0.2) is 5.65 Å². The van der Waals surface area contributed by atoms with Crippen LogP contribution in [0.3, 0.4) is 0 Å². The molecule has 1 fully saturated rings. The highest BCUT2D eigenvalue weighted by Crippen LogP contribution is 2.13. The van der Waals surface area contributed by atoms with Crippen molar-refractivity contribution in [3.8, 4) is 0 Å². The molecule has 1 aliphatic rings. The van der Waals surface area contributed by atoms with Gasteiger partial charge < -0.3 is 19.9 Å². The second kappa shape index (κ2) is 11.9. The van der Waals surface area contributed by atoms with Crippen LogP contribution in [0.5, 0.6) is 0 Å². The van der Waals surface area contributed by atoms with Crippen LogP contribution in [-0.2, 0) is 17.7 Å². The minimum absolute atomic E-state index is 0. The number of pyridine rings is 1. The van der Waals surface area contributed by atoms with Crippen molar-refractivity contribution in [2.24, 2.45) is 0 Å². The van der Waals surface area contributed by atoms with Crippen molar-refractivity contribution in [1.82, 2.24) is 25.2 Å². The van der Waals surface area contributed by atoms with Gasteiger partial charge in [-0.05, 0) is 24.5 Å². The first-order valence-corrected chi connectivity index (χ1v) is 9.75. The number of nitrogens with one attached hydrogen (secondary N) is 2. The van der Waals surface area contributed by atoms with Gasteiger partial charge in [-0.2, -0.15) is 0 Å². The molecule has 1 aliphatic heterocycles. The van der Waals surface area contributed by atoms with Crippen LogP contribution < -0.4 is 10.6 Å². The number of amides is 1. The Morgan fingerprint density at radius 1 is 1.23 bits per heavy atom. The Morgan fingerprint density at radius 3 is 2.83 bits per heavy atom. The third kappa shape index (κ3) is 6.15. The lowest BCUT2D eigenvalue weighted by Crippen LogP contribution is -2.40. The lowest BCUT2D eigenvalue weighted by Gasteiger charge is -2.23. The SMILES string of the molecule is Cl.Cl.O=C(NCCC1CNCCO1)c1cnc2c(c1)ncn2CCc1ccccc1. The average Bonchev–Trinajstić information content (AvgIpc) is 3.16. The molecular formula is C21H27Cl2N5O2. The number of aryl methyl sites for hydroxylation is 2. The van der Waals surface area contributed by atoms with Gasteiger partial charge in [0.05, 0.1) is 24.6 Å². The number of halogens is 2. The van der Waals surface area contributed by atoms with Gasteiger partial charge in [0, 0.05) is 32.4 Å². The molecule has 1 aromatic carbocycles. The van der Waals surface area contributed by atoms with Crippen molar-refractivity contribution in [2.75, 3.05) is 26.2 Å². The summed E-state index contributed by atoms with van der Waals surface area (Å²) in [5.74, 6) is -0.128. The van der Waals surface area contributed by atoms with E-state index in [4.69, 9.17) is 4.74 Å². The minimum atomic E-state index is -0.128. The van der Waals surface area contributed by atoms with Crippen molar-refractivity contribution in [1.29, 1.82) is 0 Å². The number of carbonyl (C=O) groups is 1. The van der Waals surface area contributed by atoms with Crippen molar-refractivity contribution >= 4 is 41.9 Å². The van der Waals surface area contributed by atoms with E-state index in [1.54, 1.807) is 18.6 Å². The molecule has 0 bridgehead atoms. The summed E-state index contributed by atoms with van der Waals surface area (Å²) < 4.78 is 7.67. The quantitative estimate of drug-likeness (QED) is 0.576. The van der Waals surface area contributed by atoms with E-state index in [9.17, 15) is 4.79 Å². The van der Waals surface area contributed by atoms with E-state index in [2.05, 4.69) is 32.7 Å². The number of fused-ring (bicyclic) bond motifs is 1. The number of hydrogen-bond donors (Lipinski definition) is 2. The van der Waals surface area contributed by atoms with E-state index < -0.39 is 0 Å². The number of carbonyl (C=O) groups excluding carboxylic acids is 1. The molecule has 2 aromatic heterocycles. The molecule has 3 aromatic rings. The Bertz CT molecular complexity index is 930. The maximum absolute atomic E-state index is 12.4. The lowest BCUT2D eigenvalue weighted by molar-refractivity contribution is 0.0239. The molecule has 0 spiro atoms. The fourth-order valence-electron chi connectivity index (χ4n) is 3.38. The highest BCUT2D eigenvalue weighted by Gasteiger charge is 2.14. The molecule has 0 aliphatic carbocycles. The van der Waals surface area contributed by atoms with Crippen LogP contribution in [0.25, 0.3) is 11.2 Å². The molecule has 9 heteroatoms. The Labute approximate surface area is 188 Å². The monoisotopic (exact) mass is 451 g/mol. The third-order valence-corrected chi connectivity index (χ3v) is 4.96. The predicted octanol–water partition coefficient (Wildman–Crippen LogP) is 2.63. The van der Waals surface area contributed by atoms with Crippen LogP contribution in [0, 0.1) is 0 Å². The Balaban J connectivity index is 0.00000160. The van der Waals surface area contributed by atoms with Gasteiger partial charge in [0.1, 0.15) is 5.52 Å². The molecule has 0 radical (unpaired) electrons. The molecule has 7 nitrogen and oxygen atoms in total. The summed E-state index contributed by atoms with van der Waals surface area (Å²) in [5.41, 5.74) is 3.34. The molecule has 1 amide bonds. The number of morpholine rings is 1. The van der Waals surface area contributed by atoms with E-state index in [1.807, 2.05) is 22.8 Å². The summed E-state index contributed by atoms with van der Waals surface area (Å²) in [6.07, 6.45) is 5.28. The van der Waals surface area contributed by atoms with Crippen molar-refractivity contribution in [3.05, 3.63) is 60.0 Å². The topological polar surface area (TPSA) is 81.1 Å². The number of imidazole rings is 1. The molecular weight excluding hydrogens is 425 g/mol. The second-order valence-electron chi connectivity index (χ2n) is 6.98. The fraction of sp³-hybridized carbons (Fsp3) is 0.381. The Kier molecular flexibility index (Phi) is 9.52. The van der Waals surface area contributed by atoms with Gasteiger partial charge >= 0.3 is 0 Å². The van der Waals surface area contributed by atoms with Crippen molar-refractivity contribution < 1.29 is 9.53 Å². The molecule has 162 valence electrons. The normalized spacial score (nSPS) is 15.8. The number of benzene rings is 1. The van der Waals surface area contributed by atoms with Crippen LogP contribution in [0.2, 0.25) is 0 Å². The molecule has 2 N–H and O–H groups in total. The third-order valence-electron chi connectivity index (χ3n) is 4.96. The van der Waals surface area contributed by atoms with Gasteiger partial charge in [-0.15, -0.1) is 24.8 Å². The van der Waals surface area contributed by atoms with Crippen LogP contribution in [0.1, 0.15) is 22.3 Å². The first-order valence-electron chi connectivity index (χ1n) is 9.75. The summed E-state index contributed by atoms with van der Waals surface area (Å²) in [4.78, 5) is 21.3. The number of aromatic nitrogens is 3. The van der Waals surface area contributed by atoms with Gasteiger partial charge in [0.25, 0.3) is 5.91 Å². The molecule has 30 heavy (non-hydrogen) atoms. The van der Waals surface area contributed by atoms with E-state index in [0.29, 0.717) is 12.1 Å². The van der Waals surface area contributed by atoms with E-state index in [1.165, 1.54) is 5.56 Å². The maximum atomic E-state index is 12.4. The summed E-state index contributed by atoms with van der Waals surface area (Å²) in [7, 11) is 0. The van der Waals surface area contributed by atoms with Gasteiger partial charge in [-0.3, -0.25) is 4.79 Å². The number of ether oxygens (including phenoxy) is 1. The highest BCUT2D eigenvalue weighted by molar-refractivity contribution is 5.96. The van der Waals surface area contributed by atoms with Crippen LogP contribution >= 0.6 is 24.8 Å². The molecule has 1 unspecified atom stereocenters. The van der Waals surface area contributed by atoms with Crippen LogP contribution in [0.15, 0.2) is 48.9 Å². The molecule has 1 atom stereocenters. The summed E-state index contributed by atoms with van der Waals surface area (Å²) in [6.45, 7) is 3.84. The molecule has 4 rings (SSSR count). The van der Waals surface area contributed by atoms with Gasteiger partial charge in [-0.25, -0.2) is 9.97 Å². The number of nitrogens with zero attached hydrogens (tertiary/aromatic N) is 3. The number of rotatable bonds is 7. The predicted molar refractivity (Wildman–Crippen MR) is 122 cm³/mol. The van der Waals surface area contributed by atoms with Crippen LogP contribution in [0.4, 0.5) is 0 Å². The van der Waals surface area contributed by atoms with Gasteiger partial charge in [0.2, 0.25) is 0 Å². The van der Waals surface area contributed by atoms with Crippen molar-refractivity contribution in [2.45, 2.75) is 25.5 Å². The smallest absolute Gasteiger partial charge is 0.252 e. The Morgan fingerprint density at radius 2 is 2.07 bits per heavy atom. The first kappa shape index (κ1) is 24.1. The lowest BCUT2D eigenvalue weighted by atomic mass is 10.1. The first-order chi connectivity index (χ1) is 13.8. The average molecular weight is 452 g/mol. The number of hydrogen-bond acceptors (Lipinski definition) is 5. The summed E-state index contributed by atoms with van der Waals surface area (Å²) in [5, 5.41) is 6.23. The molecule has 0 saturated carbocycles. The van der Waals surface area contributed by atoms with E-state index in [0.717, 1.165) is 50.2 Å². The van der Waals surface area contributed by atoms with Crippen molar-refractivity contribution in [3.63, 3.8) is 0 Å². The standard InChI is InChI=1S/C21H25N5O2.2ClH/c27-21(23-8-6-18-14-22-9-11-28-18)17-12-19-20(24-13-17)26(15-25-19)10-7-16-4-2-1-3-5-16;;/h1-5,12-13,15,18,22H,6-11,14H2,(H,23,27);2*1H. The summed E-state index contributed by atoms with van der Waals surface area (Å²) >= 11 is 0. The van der Waals surface area contributed by atoms with E-state index in [-0.39, 0.29) is 36.8 Å². The second-order valence-corrected chi connectivity index (χ2v) is 6.98. The van der Waals surface area contributed by atoms with E-state index >= 15 is 0 Å². The Hall–Kier alpha value is -2.19. The molecule has 3 heterocycles. The fourth-order valence-corrected chi connectivity index (χ4v) is 3.38. The highest BCUT2D eigenvalue weighted by atomic mass is 35.5. The molecule has 1 saturated heterocycles. The zero-order valence-corrected chi connectivity index (χ0v) is 18.3.